The number of ketones is 1. The van der Waals surface area contributed by atoms with Crippen molar-refractivity contribution in [3.63, 3.8) is 0 Å². The van der Waals surface area contributed by atoms with Crippen LogP contribution in [0.4, 0.5) is 4.79 Å². The van der Waals surface area contributed by atoms with Gasteiger partial charge in [0, 0.05) is 29.5 Å². The number of rotatable bonds is 5. The van der Waals surface area contributed by atoms with Crippen LogP contribution in [0.15, 0.2) is 59.5 Å². The van der Waals surface area contributed by atoms with E-state index in [2.05, 4.69) is 6.92 Å². The average molecular weight is 355 g/mol. The van der Waals surface area contributed by atoms with Crippen molar-refractivity contribution in [2.24, 2.45) is 5.92 Å². The number of benzene rings is 2. The first-order valence-electron chi connectivity index (χ1n) is 8.46. The molecular weight excluding hydrogens is 334 g/mol. The maximum Gasteiger partial charge on any atom is 0.415 e. The fourth-order valence-electron chi connectivity index (χ4n) is 2.91. The molecule has 0 radical (unpaired) electrons. The molecule has 1 unspecified atom stereocenters. The smallest absolute Gasteiger partial charge is 0.410 e. The quantitative estimate of drug-likeness (QED) is 0.585. The van der Waals surface area contributed by atoms with Crippen LogP contribution in [0.1, 0.15) is 23.7 Å². The molecule has 3 rings (SSSR count). The molecule has 1 aliphatic rings. The third-order valence-electron chi connectivity index (χ3n) is 4.22. The van der Waals surface area contributed by atoms with Crippen molar-refractivity contribution in [1.29, 1.82) is 0 Å². The maximum absolute atomic E-state index is 12.7. The molecule has 2 aromatic carbocycles. The number of ether oxygens (including phenoxy) is 1. The number of hydrogen-bond donors (Lipinski definition) is 0. The zero-order chi connectivity index (χ0) is 17.6. The van der Waals surface area contributed by atoms with E-state index in [4.69, 9.17) is 4.74 Å². The molecule has 0 aliphatic carbocycles. The predicted octanol–water partition coefficient (Wildman–Crippen LogP) is 4.50. The number of Topliss-reactive ketones (excluding diaryl/α,β-unsaturated/α-hetero) is 1. The molecule has 1 aliphatic heterocycles. The van der Waals surface area contributed by atoms with Gasteiger partial charge in [-0.2, -0.15) is 0 Å². The van der Waals surface area contributed by atoms with Crippen LogP contribution < -0.4 is 4.74 Å². The number of amides is 1. The van der Waals surface area contributed by atoms with Crippen molar-refractivity contribution in [3.05, 3.63) is 60.2 Å². The van der Waals surface area contributed by atoms with Gasteiger partial charge in [0.05, 0.1) is 0 Å². The highest BCUT2D eigenvalue weighted by atomic mass is 32.2. The van der Waals surface area contributed by atoms with E-state index in [1.54, 1.807) is 28.8 Å². The first-order chi connectivity index (χ1) is 12.2. The van der Waals surface area contributed by atoms with Crippen LogP contribution in [-0.4, -0.2) is 35.6 Å². The van der Waals surface area contributed by atoms with E-state index in [-0.39, 0.29) is 11.7 Å². The Hall–Kier alpha value is -2.27. The van der Waals surface area contributed by atoms with Gasteiger partial charge in [0.2, 0.25) is 0 Å². The van der Waals surface area contributed by atoms with E-state index < -0.39 is 6.09 Å². The zero-order valence-corrected chi connectivity index (χ0v) is 15.0. The van der Waals surface area contributed by atoms with E-state index in [0.717, 1.165) is 5.75 Å². The summed E-state index contributed by atoms with van der Waals surface area (Å²) in [6.07, 6.45) is 0.282. The molecule has 0 bridgehead atoms. The second-order valence-corrected chi connectivity index (χ2v) is 7.27. The monoisotopic (exact) mass is 355 g/mol. The van der Waals surface area contributed by atoms with E-state index in [9.17, 15) is 9.59 Å². The lowest BCUT2D eigenvalue weighted by Crippen LogP contribution is -2.32. The van der Waals surface area contributed by atoms with Gasteiger partial charge in [-0.05, 0) is 36.4 Å². The Bertz CT molecular complexity index is 730. The first-order valence-corrected chi connectivity index (χ1v) is 9.45. The van der Waals surface area contributed by atoms with Crippen LogP contribution in [0.2, 0.25) is 0 Å². The summed E-state index contributed by atoms with van der Waals surface area (Å²) in [6, 6.07) is 16.7. The van der Waals surface area contributed by atoms with Crippen molar-refractivity contribution in [2.75, 3.05) is 18.8 Å². The van der Waals surface area contributed by atoms with Crippen LogP contribution in [0.25, 0.3) is 0 Å². The van der Waals surface area contributed by atoms with Gasteiger partial charge in [-0.15, -0.1) is 11.8 Å². The topological polar surface area (TPSA) is 46.6 Å². The average Bonchev–Trinajstić information content (AvgIpc) is 3.13. The highest BCUT2D eigenvalue weighted by Crippen LogP contribution is 2.24. The Balaban J connectivity index is 1.58. The van der Waals surface area contributed by atoms with Crippen LogP contribution in [0.3, 0.4) is 0 Å². The van der Waals surface area contributed by atoms with Gasteiger partial charge in [-0.25, -0.2) is 4.79 Å². The third-order valence-corrected chi connectivity index (χ3v) is 5.11. The van der Waals surface area contributed by atoms with Gasteiger partial charge in [0.1, 0.15) is 5.75 Å². The fourth-order valence-corrected chi connectivity index (χ4v) is 3.57. The lowest BCUT2D eigenvalue weighted by molar-refractivity contribution is 0.0922. The Kier molecular flexibility index (Phi) is 5.76. The van der Waals surface area contributed by atoms with Gasteiger partial charge in [0.25, 0.3) is 0 Å². The first kappa shape index (κ1) is 17.5. The van der Waals surface area contributed by atoms with Crippen molar-refractivity contribution in [1.82, 2.24) is 4.90 Å². The number of carbonyl (C=O) groups is 2. The number of likely N-dealkylation sites (tertiary alicyclic amines) is 1. The standard InChI is InChI=1S/C20H21NO3S/c1-2-25-18-10-8-15(9-11-18)19(22)16-12-13-21(14-16)20(23)24-17-6-4-3-5-7-17/h3-11,16H,2,12-14H2,1H3. The minimum Gasteiger partial charge on any atom is -0.410 e. The summed E-state index contributed by atoms with van der Waals surface area (Å²) in [4.78, 5) is 27.7. The van der Waals surface area contributed by atoms with Crippen LogP contribution >= 0.6 is 11.8 Å². The molecule has 1 heterocycles. The molecule has 25 heavy (non-hydrogen) atoms. The van der Waals surface area contributed by atoms with Gasteiger partial charge < -0.3 is 9.64 Å². The molecular formula is C20H21NO3S. The number of hydrogen-bond acceptors (Lipinski definition) is 4. The van der Waals surface area contributed by atoms with E-state index in [1.165, 1.54) is 4.90 Å². The van der Waals surface area contributed by atoms with E-state index in [1.807, 2.05) is 42.5 Å². The molecule has 1 atom stereocenters. The summed E-state index contributed by atoms with van der Waals surface area (Å²) >= 11 is 1.75. The third kappa shape index (κ3) is 4.42. The highest BCUT2D eigenvalue weighted by molar-refractivity contribution is 7.99. The summed E-state index contributed by atoms with van der Waals surface area (Å²) < 4.78 is 5.35. The molecule has 0 saturated carbocycles. The summed E-state index contributed by atoms with van der Waals surface area (Å²) in [6.45, 7) is 3.06. The number of thioether (sulfide) groups is 1. The van der Waals surface area contributed by atoms with Crippen molar-refractivity contribution < 1.29 is 14.3 Å². The second kappa shape index (κ2) is 8.21. The Labute approximate surface area is 152 Å². The zero-order valence-electron chi connectivity index (χ0n) is 14.2. The van der Waals surface area contributed by atoms with E-state index >= 15 is 0 Å². The second-order valence-electron chi connectivity index (χ2n) is 5.93. The lowest BCUT2D eigenvalue weighted by Gasteiger charge is -2.16. The normalized spacial score (nSPS) is 16.7. The Morgan fingerprint density at radius 2 is 1.84 bits per heavy atom. The highest BCUT2D eigenvalue weighted by Gasteiger charge is 2.32. The SMILES string of the molecule is CCSc1ccc(C(=O)C2CCN(C(=O)Oc3ccccc3)C2)cc1. The molecule has 130 valence electrons. The summed E-state index contributed by atoms with van der Waals surface area (Å²) in [5, 5.41) is 0. The van der Waals surface area contributed by atoms with Crippen LogP contribution in [0, 0.1) is 5.92 Å². The number of nitrogens with zero attached hydrogens (tertiary/aromatic N) is 1. The molecule has 0 N–H and O–H groups in total. The summed E-state index contributed by atoms with van der Waals surface area (Å²) in [5.41, 5.74) is 0.712. The molecule has 5 heteroatoms. The summed E-state index contributed by atoms with van der Waals surface area (Å²) in [5.74, 6) is 1.47. The molecule has 1 saturated heterocycles. The molecule has 1 fully saturated rings. The Morgan fingerprint density at radius 3 is 2.52 bits per heavy atom. The fraction of sp³-hybridized carbons (Fsp3) is 0.300. The van der Waals surface area contributed by atoms with Gasteiger partial charge in [-0.3, -0.25) is 4.79 Å². The lowest BCUT2D eigenvalue weighted by atomic mass is 9.97. The molecule has 2 aromatic rings. The van der Waals surface area contributed by atoms with Gasteiger partial charge >= 0.3 is 6.09 Å². The molecule has 0 aromatic heterocycles. The van der Waals surface area contributed by atoms with Gasteiger partial charge in [0.15, 0.2) is 5.78 Å². The van der Waals surface area contributed by atoms with Crippen molar-refractivity contribution in [3.8, 4) is 5.75 Å². The van der Waals surface area contributed by atoms with Crippen molar-refractivity contribution in [2.45, 2.75) is 18.2 Å². The molecule has 1 amide bonds. The molecule has 4 nitrogen and oxygen atoms in total. The number of carbonyl (C=O) groups excluding carboxylic acids is 2. The number of para-hydroxylation sites is 1. The van der Waals surface area contributed by atoms with Gasteiger partial charge in [-0.1, -0.05) is 37.3 Å². The van der Waals surface area contributed by atoms with Crippen LogP contribution in [0.5, 0.6) is 5.75 Å². The minimum absolute atomic E-state index is 0.100. The van der Waals surface area contributed by atoms with E-state index in [0.29, 0.717) is 30.8 Å². The van der Waals surface area contributed by atoms with Crippen LogP contribution in [-0.2, 0) is 0 Å². The largest absolute Gasteiger partial charge is 0.415 e. The predicted molar refractivity (Wildman–Crippen MR) is 99.3 cm³/mol. The van der Waals surface area contributed by atoms with Crippen molar-refractivity contribution >= 4 is 23.6 Å². The Morgan fingerprint density at radius 1 is 1.12 bits per heavy atom. The summed E-state index contributed by atoms with van der Waals surface area (Å²) in [7, 11) is 0. The minimum atomic E-state index is -0.392. The molecule has 0 spiro atoms. The maximum atomic E-state index is 12.7.